The fourth-order valence-electron chi connectivity index (χ4n) is 3.19. The summed E-state index contributed by atoms with van der Waals surface area (Å²) in [5, 5.41) is 0. The molecular weight excluding hydrogens is 378 g/mol. The summed E-state index contributed by atoms with van der Waals surface area (Å²) in [6, 6.07) is 18.1. The number of aromatic nitrogens is 1. The number of oxazole rings is 1. The molecule has 0 radical (unpaired) electrons. The number of aryl methyl sites for hydroxylation is 1. The molecule has 0 unspecified atom stereocenters. The Morgan fingerprint density at radius 3 is 2.47 bits per heavy atom. The van der Waals surface area contributed by atoms with Gasteiger partial charge in [0.15, 0.2) is 0 Å². The molecule has 30 heavy (non-hydrogen) atoms. The van der Waals surface area contributed by atoms with Gasteiger partial charge >= 0.3 is 0 Å². The summed E-state index contributed by atoms with van der Waals surface area (Å²) in [5.74, 6) is 2.35. The van der Waals surface area contributed by atoms with Crippen molar-refractivity contribution < 1.29 is 18.6 Å². The lowest BCUT2D eigenvalue weighted by atomic mass is 10.1. The predicted octanol–water partition coefficient (Wildman–Crippen LogP) is 5.26. The molecule has 5 nitrogen and oxygen atoms in total. The van der Waals surface area contributed by atoms with E-state index in [0.29, 0.717) is 32.1 Å². The van der Waals surface area contributed by atoms with E-state index >= 15 is 0 Å². The molecule has 3 rings (SSSR count). The maximum atomic E-state index is 5.90. The lowest BCUT2D eigenvalue weighted by molar-refractivity contribution is 0.0158. The standard InChI is InChI=1S/C25H31NO4/c1-4-27-16-17-28-19(2)18-21-10-12-23(13-11-21)29-15-14-24-20(3)30-25(26-24)22-8-6-5-7-9-22/h5-13,19H,4,14-18H2,1-3H3/t19-/m0/s1. The predicted molar refractivity (Wildman–Crippen MR) is 118 cm³/mol. The third-order valence-electron chi connectivity index (χ3n) is 4.80. The van der Waals surface area contributed by atoms with E-state index in [1.165, 1.54) is 5.56 Å². The van der Waals surface area contributed by atoms with Crippen molar-refractivity contribution in [2.45, 2.75) is 39.7 Å². The van der Waals surface area contributed by atoms with Gasteiger partial charge in [-0.1, -0.05) is 30.3 Å². The maximum absolute atomic E-state index is 5.90. The highest BCUT2D eigenvalue weighted by molar-refractivity contribution is 5.53. The van der Waals surface area contributed by atoms with E-state index in [2.05, 4.69) is 24.0 Å². The van der Waals surface area contributed by atoms with Gasteiger partial charge in [-0.15, -0.1) is 0 Å². The summed E-state index contributed by atoms with van der Waals surface area (Å²) < 4.78 is 22.8. The second-order valence-corrected chi connectivity index (χ2v) is 7.21. The first kappa shape index (κ1) is 22.1. The fraction of sp³-hybridized carbons (Fsp3) is 0.400. The highest BCUT2D eigenvalue weighted by atomic mass is 16.5. The minimum absolute atomic E-state index is 0.158. The number of ether oxygens (including phenoxy) is 3. The van der Waals surface area contributed by atoms with Gasteiger partial charge in [0.1, 0.15) is 11.5 Å². The Hall–Kier alpha value is -2.63. The Balaban J connectivity index is 1.44. The van der Waals surface area contributed by atoms with Gasteiger partial charge in [0.2, 0.25) is 5.89 Å². The summed E-state index contributed by atoms with van der Waals surface area (Å²) >= 11 is 0. The van der Waals surface area contributed by atoms with Gasteiger partial charge in [0, 0.05) is 18.6 Å². The molecule has 1 aromatic heterocycles. The molecule has 1 atom stereocenters. The van der Waals surface area contributed by atoms with Gasteiger partial charge in [0.25, 0.3) is 0 Å². The van der Waals surface area contributed by atoms with E-state index in [0.717, 1.165) is 35.8 Å². The minimum Gasteiger partial charge on any atom is -0.493 e. The minimum atomic E-state index is 0.158. The molecule has 2 aromatic carbocycles. The SMILES string of the molecule is CCOCCO[C@@H](C)Cc1ccc(OCCc2nc(-c3ccccc3)oc2C)cc1. The highest BCUT2D eigenvalue weighted by Crippen LogP contribution is 2.22. The second-order valence-electron chi connectivity index (χ2n) is 7.21. The van der Waals surface area contributed by atoms with E-state index < -0.39 is 0 Å². The zero-order valence-corrected chi connectivity index (χ0v) is 18.1. The van der Waals surface area contributed by atoms with Crippen LogP contribution in [0.15, 0.2) is 59.0 Å². The van der Waals surface area contributed by atoms with Crippen LogP contribution in [0, 0.1) is 6.92 Å². The second kappa shape index (κ2) is 11.5. The van der Waals surface area contributed by atoms with Crippen LogP contribution in [-0.2, 0) is 22.3 Å². The van der Waals surface area contributed by atoms with Crippen molar-refractivity contribution in [2.75, 3.05) is 26.4 Å². The van der Waals surface area contributed by atoms with Crippen molar-refractivity contribution in [1.82, 2.24) is 4.98 Å². The summed E-state index contributed by atoms with van der Waals surface area (Å²) in [7, 11) is 0. The Labute approximate surface area is 179 Å². The van der Waals surface area contributed by atoms with Crippen LogP contribution in [-0.4, -0.2) is 37.5 Å². The van der Waals surface area contributed by atoms with E-state index in [9.17, 15) is 0 Å². The highest BCUT2D eigenvalue weighted by Gasteiger charge is 2.11. The third-order valence-corrected chi connectivity index (χ3v) is 4.80. The Kier molecular flexibility index (Phi) is 8.48. The molecule has 5 heteroatoms. The fourth-order valence-corrected chi connectivity index (χ4v) is 3.19. The van der Waals surface area contributed by atoms with Crippen LogP contribution in [0.3, 0.4) is 0 Å². The van der Waals surface area contributed by atoms with E-state index in [4.69, 9.17) is 18.6 Å². The molecule has 0 fully saturated rings. The van der Waals surface area contributed by atoms with Crippen molar-refractivity contribution in [3.8, 4) is 17.2 Å². The van der Waals surface area contributed by atoms with Gasteiger partial charge in [-0.25, -0.2) is 4.98 Å². The molecule has 0 aliphatic heterocycles. The lowest BCUT2D eigenvalue weighted by Crippen LogP contribution is -2.15. The van der Waals surface area contributed by atoms with Crippen molar-refractivity contribution in [3.05, 3.63) is 71.6 Å². The van der Waals surface area contributed by atoms with Crippen LogP contribution in [0.2, 0.25) is 0 Å². The van der Waals surface area contributed by atoms with Crippen LogP contribution in [0.1, 0.15) is 30.9 Å². The number of hydrogen-bond acceptors (Lipinski definition) is 5. The van der Waals surface area contributed by atoms with Crippen LogP contribution < -0.4 is 4.74 Å². The molecule has 3 aromatic rings. The van der Waals surface area contributed by atoms with Gasteiger partial charge in [-0.2, -0.15) is 0 Å². The number of nitrogens with zero attached hydrogens (tertiary/aromatic N) is 1. The summed E-state index contributed by atoms with van der Waals surface area (Å²) in [6.45, 7) is 8.57. The molecular formula is C25H31NO4. The topological polar surface area (TPSA) is 53.7 Å². The molecule has 0 aliphatic rings. The maximum Gasteiger partial charge on any atom is 0.226 e. The van der Waals surface area contributed by atoms with E-state index in [-0.39, 0.29) is 6.10 Å². The Bertz CT molecular complexity index is 874. The van der Waals surface area contributed by atoms with E-state index in [1.807, 2.05) is 56.3 Å². The van der Waals surface area contributed by atoms with Crippen LogP contribution >= 0.6 is 0 Å². The number of rotatable bonds is 12. The first-order valence-corrected chi connectivity index (χ1v) is 10.6. The van der Waals surface area contributed by atoms with Gasteiger partial charge in [-0.3, -0.25) is 0 Å². The number of benzene rings is 2. The quantitative estimate of drug-likeness (QED) is 0.382. The van der Waals surface area contributed by atoms with Crippen molar-refractivity contribution >= 4 is 0 Å². The monoisotopic (exact) mass is 409 g/mol. The zero-order valence-electron chi connectivity index (χ0n) is 18.1. The zero-order chi connectivity index (χ0) is 21.2. The molecule has 0 aliphatic carbocycles. The molecule has 160 valence electrons. The first-order valence-electron chi connectivity index (χ1n) is 10.6. The molecule has 0 saturated carbocycles. The molecule has 0 amide bonds. The van der Waals surface area contributed by atoms with Crippen molar-refractivity contribution in [3.63, 3.8) is 0 Å². The first-order chi connectivity index (χ1) is 14.7. The average Bonchev–Trinajstić information content (AvgIpc) is 3.14. The molecule has 0 bridgehead atoms. The lowest BCUT2D eigenvalue weighted by Gasteiger charge is -2.13. The van der Waals surface area contributed by atoms with Crippen molar-refractivity contribution in [2.24, 2.45) is 0 Å². The molecule has 0 N–H and O–H groups in total. The van der Waals surface area contributed by atoms with E-state index in [1.54, 1.807) is 0 Å². The number of hydrogen-bond donors (Lipinski definition) is 0. The van der Waals surface area contributed by atoms with Crippen LogP contribution in [0.5, 0.6) is 5.75 Å². The Morgan fingerprint density at radius 1 is 0.967 bits per heavy atom. The smallest absolute Gasteiger partial charge is 0.226 e. The molecule has 1 heterocycles. The third kappa shape index (κ3) is 6.71. The van der Waals surface area contributed by atoms with Gasteiger partial charge in [-0.05, 0) is 57.0 Å². The molecule has 0 spiro atoms. The molecule has 0 saturated heterocycles. The Morgan fingerprint density at radius 2 is 1.73 bits per heavy atom. The summed E-state index contributed by atoms with van der Waals surface area (Å²) in [6.07, 6.45) is 1.73. The summed E-state index contributed by atoms with van der Waals surface area (Å²) in [5.41, 5.74) is 3.15. The average molecular weight is 410 g/mol. The van der Waals surface area contributed by atoms with Gasteiger partial charge < -0.3 is 18.6 Å². The normalized spacial score (nSPS) is 12.1. The van der Waals surface area contributed by atoms with Gasteiger partial charge in [0.05, 0.1) is 31.6 Å². The van der Waals surface area contributed by atoms with Crippen LogP contribution in [0.25, 0.3) is 11.5 Å². The van der Waals surface area contributed by atoms with Crippen LogP contribution in [0.4, 0.5) is 0 Å². The largest absolute Gasteiger partial charge is 0.493 e. The van der Waals surface area contributed by atoms with Crippen molar-refractivity contribution in [1.29, 1.82) is 0 Å². The summed E-state index contributed by atoms with van der Waals surface area (Å²) in [4.78, 5) is 4.62.